The number of halogens is 4. The van der Waals surface area contributed by atoms with Crippen LogP contribution in [0.25, 0.3) is 0 Å². The highest BCUT2D eigenvalue weighted by atomic mass is 19.4. The number of benzene rings is 1. The van der Waals surface area contributed by atoms with Gasteiger partial charge in [0, 0.05) is 6.54 Å². The van der Waals surface area contributed by atoms with Crippen LogP contribution in [0.4, 0.5) is 17.6 Å². The summed E-state index contributed by atoms with van der Waals surface area (Å²) in [5, 5.41) is 10.6. The first-order valence-electron chi connectivity index (χ1n) is 4.59. The van der Waals surface area contributed by atoms with Gasteiger partial charge in [0.15, 0.2) is 0 Å². The Bertz CT molecular complexity index is 417. The quantitative estimate of drug-likeness (QED) is 0.805. The molecular formula is C10H9F4NO2. The van der Waals surface area contributed by atoms with Crippen molar-refractivity contribution in [3.8, 4) is 0 Å². The molecular weight excluding hydrogens is 242 g/mol. The molecule has 0 fully saturated rings. The maximum atomic E-state index is 12.7. The van der Waals surface area contributed by atoms with Crippen LogP contribution in [0.3, 0.4) is 0 Å². The Labute approximate surface area is 94.1 Å². The van der Waals surface area contributed by atoms with Gasteiger partial charge in [0.25, 0.3) is 0 Å². The molecule has 0 aliphatic heterocycles. The van der Waals surface area contributed by atoms with Gasteiger partial charge in [0.05, 0.1) is 12.1 Å². The summed E-state index contributed by atoms with van der Waals surface area (Å²) in [5.74, 6) is -2.17. The van der Waals surface area contributed by atoms with Gasteiger partial charge in [-0.1, -0.05) is 6.07 Å². The number of hydrogen-bond donors (Lipinski definition) is 2. The Morgan fingerprint density at radius 1 is 1.35 bits per heavy atom. The molecule has 0 unspecified atom stereocenters. The van der Waals surface area contributed by atoms with Crippen molar-refractivity contribution in [1.29, 1.82) is 0 Å². The molecule has 3 nitrogen and oxygen atoms in total. The first-order chi connectivity index (χ1) is 7.80. The van der Waals surface area contributed by atoms with Gasteiger partial charge in [-0.05, 0) is 17.7 Å². The molecule has 0 aliphatic rings. The molecule has 0 spiro atoms. The zero-order valence-electron chi connectivity index (χ0n) is 8.51. The van der Waals surface area contributed by atoms with E-state index in [9.17, 15) is 22.4 Å². The summed E-state index contributed by atoms with van der Waals surface area (Å²) in [4.78, 5) is 10.2. The predicted molar refractivity (Wildman–Crippen MR) is 50.7 cm³/mol. The molecule has 1 rings (SSSR count). The van der Waals surface area contributed by atoms with E-state index < -0.39 is 30.1 Å². The Morgan fingerprint density at radius 3 is 2.53 bits per heavy atom. The Balaban J connectivity index is 2.87. The molecule has 0 aromatic heterocycles. The second-order valence-corrected chi connectivity index (χ2v) is 3.30. The van der Waals surface area contributed by atoms with Crippen molar-refractivity contribution in [1.82, 2.24) is 5.32 Å². The largest absolute Gasteiger partial charge is 0.480 e. The van der Waals surface area contributed by atoms with Gasteiger partial charge in [0.2, 0.25) is 0 Å². The van der Waals surface area contributed by atoms with Crippen molar-refractivity contribution in [2.75, 3.05) is 6.54 Å². The van der Waals surface area contributed by atoms with Crippen LogP contribution in [0.2, 0.25) is 0 Å². The zero-order valence-corrected chi connectivity index (χ0v) is 8.51. The van der Waals surface area contributed by atoms with E-state index in [0.717, 1.165) is 12.1 Å². The third-order valence-corrected chi connectivity index (χ3v) is 1.97. The highest BCUT2D eigenvalue weighted by Crippen LogP contribution is 2.32. The Hall–Kier alpha value is -1.63. The maximum absolute atomic E-state index is 12.7. The SMILES string of the molecule is O=C(O)CNCc1ccc(F)cc1C(F)(F)F. The highest BCUT2D eigenvalue weighted by molar-refractivity contribution is 5.69. The fraction of sp³-hybridized carbons (Fsp3) is 0.300. The summed E-state index contributed by atoms with van der Waals surface area (Å²) in [6.07, 6.45) is -4.66. The second-order valence-electron chi connectivity index (χ2n) is 3.30. The van der Waals surface area contributed by atoms with E-state index in [1.54, 1.807) is 0 Å². The van der Waals surface area contributed by atoms with E-state index in [1.807, 2.05) is 0 Å². The lowest BCUT2D eigenvalue weighted by Crippen LogP contribution is -2.23. The summed E-state index contributed by atoms with van der Waals surface area (Å²) in [5.41, 5.74) is -1.30. The number of carboxylic acids is 1. The lowest BCUT2D eigenvalue weighted by molar-refractivity contribution is -0.138. The number of carboxylic acid groups (broad SMARTS) is 1. The van der Waals surface area contributed by atoms with E-state index in [2.05, 4.69) is 5.32 Å². The number of hydrogen-bond acceptors (Lipinski definition) is 2. The van der Waals surface area contributed by atoms with Gasteiger partial charge in [-0.25, -0.2) is 4.39 Å². The average molecular weight is 251 g/mol. The van der Waals surface area contributed by atoms with Crippen LogP contribution in [-0.2, 0) is 17.5 Å². The molecule has 2 N–H and O–H groups in total. The Morgan fingerprint density at radius 2 is 2.00 bits per heavy atom. The molecule has 0 bridgehead atoms. The molecule has 17 heavy (non-hydrogen) atoms. The zero-order chi connectivity index (χ0) is 13.1. The molecule has 0 radical (unpaired) electrons. The van der Waals surface area contributed by atoms with Gasteiger partial charge >= 0.3 is 12.1 Å². The van der Waals surface area contributed by atoms with Crippen molar-refractivity contribution in [2.24, 2.45) is 0 Å². The van der Waals surface area contributed by atoms with Crippen molar-refractivity contribution in [3.63, 3.8) is 0 Å². The molecule has 1 aromatic rings. The summed E-state index contributed by atoms with van der Waals surface area (Å²) in [7, 11) is 0. The smallest absolute Gasteiger partial charge is 0.416 e. The summed E-state index contributed by atoms with van der Waals surface area (Å²) in [6.45, 7) is -0.754. The third-order valence-electron chi connectivity index (χ3n) is 1.97. The minimum atomic E-state index is -4.66. The maximum Gasteiger partial charge on any atom is 0.416 e. The minimum absolute atomic E-state index is 0.194. The minimum Gasteiger partial charge on any atom is -0.480 e. The molecule has 0 aliphatic carbocycles. The van der Waals surface area contributed by atoms with Gasteiger partial charge in [-0.15, -0.1) is 0 Å². The second kappa shape index (κ2) is 5.13. The Kier molecular flexibility index (Phi) is 4.06. The van der Waals surface area contributed by atoms with Gasteiger partial charge in [-0.2, -0.15) is 13.2 Å². The van der Waals surface area contributed by atoms with Crippen LogP contribution < -0.4 is 5.32 Å². The van der Waals surface area contributed by atoms with Gasteiger partial charge in [0.1, 0.15) is 5.82 Å². The van der Waals surface area contributed by atoms with Crippen molar-refractivity contribution in [3.05, 3.63) is 35.1 Å². The van der Waals surface area contributed by atoms with Crippen molar-refractivity contribution in [2.45, 2.75) is 12.7 Å². The van der Waals surface area contributed by atoms with Crippen LogP contribution in [0.1, 0.15) is 11.1 Å². The molecule has 0 heterocycles. The molecule has 1 aromatic carbocycles. The van der Waals surface area contributed by atoms with Crippen molar-refractivity contribution >= 4 is 5.97 Å². The standard InChI is InChI=1S/C10H9F4NO2/c11-7-2-1-6(4-15-5-9(16)17)8(3-7)10(12,13)14/h1-3,15H,4-5H2,(H,16,17). The number of carbonyl (C=O) groups is 1. The van der Waals surface area contributed by atoms with Gasteiger partial charge < -0.3 is 10.4 Å². The fourth-order valence-electron chi connectivity index (χ4n) is 1.27. The van der Waals surface area contributed by atoms with Crippen molar-refractivity contribution < 1.29 is 27.5 Å². The van der Waals surface area contributed by atoms with Crippen LogP contribution >= 0.6 is 0 Å². The highest BCUT2D eigenvalue weighted by Gasteiger charge is 2.33. The average Bonchev–Trinajstić information content (AvgIpc) is 2.18. The molecule has 7 heteroatoms. The van der Waals surface area contributed by atoms with Crippen LogP contribution in [0.5, 0.6) is 0 Å². The fourth-order valence-corrected chi connectivity index (χ4v) is 1.27. The summed E-state index contributed by atoms with van der Waals surface area (Å²) >= 11 is 0. The number of alkyl halides is 3. The number of rotatable bonds is 4. The lowest BCUT2D eigenvalue weighted by Gasteiger charge is -2.12. The normalized spacial score (nSPS) is 11.5. The van der Waals surface area contributed by atoms with Crippen LogP contribution in [-0.4, -0.2) is 17.6 Å². The predicted octanol–water partition coefficient (Wildman–Crippen LogP) is 2.02. The van der Waals surface area contributed by atoms with E-state index >= 15 is 0 Å². The third kappa shape index (κ3) is 4.03. The molecule has 0 atom stereocenters. The summed E-state index contributed by atoms with van der Waals surface area (Å²) in [6, 6.07) is 2.26. The molecule has 0 saturated heterocycles. The van der Waals surface area contributed by atoms with Crippen LogP contribution in [0.15, 0.2) is 18.2 Å². The van der Waals surface area contributed by atoms with Gasteiger partial charge in [-0.3, -0.25) is 4.79 Å². The molecule has 0 saturated carbocycles. The van der Waals surface area contributed by atoms with E-state index in [4.69, 9.17) is 5.11 Å². The first kappa shape index (κ1) is 13.4. The molecule has 0 amide bonds. The topological polar surface area (TPSA) is 49.3 Å². The number of aliphatic carboxylic acids is 1. The number of nitrogens with one attached hydrogen (secondary N) is 1. The van der Waals surface area contributed by atoms with E-state index in [0.29, 0.717) is 6.07 Å². The lowest BCUT2D eigenvalue weighted by atomic mass is 10.1. The van der Waals surface area contributed by atoms with E-state index in [-0.39, 0.29) is 12.1 Å². The monoisotopic (exact) mass is 251 g/mol. The first-order valence-corrected chi connectivity index (χ1v) is 4.59. The molecule has 94 valence electrons. The van der Waals surface area contributed by atoms with E-state index in [1.165, 1.54) is 0 Å². The summed E-state index contributed by atoms with van der Waals surface area (Å²) < 4.78 is 50.2. The van der Waals surface area contributed by atoms with Crippen LogP contribution in [0, 0.1) is 5.82 Å².